The molecule has 88 valence electrons. The second kappa shape index (κ2) is 5.34. The molecular formula is C11H13Cl2NO2. The van der Waals surface area contributed by atoms with Crippen molar-refractivity contribution in [3.05, 3.63) is 33.8 Å². The normalized spacial score (nSPS) is 24.9. The van der Waals surface area contributed by atoms with Crippen LogP contribution in [0.3, 0.4) is 0 Å². The molecule has 2 N–H and O–H groups in total. The lowest BCUT2D eigenvalue weighted by molar-refractivity contribution is 0.122. The van der Waals surface area contributed by atoms with Gasteiger partial charge in [0.15, 0.2) is 0 Å². The summed E-state index contributed by atoms with van der Waals surface area (Å²) >= 11 is 12.0. The van der Waals surface area contributed by atoms with Crippen LogP contribution in [0.25, 0.3) is 0 Å². The van der Waals surface area contributed by atoms with Gasteiger partial charge in [-0.25, -0.2) is 0 Å². The summed E-state index contributed by atoms with van der Waals surface area (Å²) < 4.78 is 5.14. The highest BCUT2D eigenvalue weighted by Crippen LogP contribution is 2.25. The van der Waals surface area contributed by atoms with Crippen LogP contribution in [0.4, 0.5) is 0 Å². The van der Waals surface area contributed by atoms with Gasteiger partial charge in [0.05, 0.1) is 35.4 Å². The molecule has 2 atom stereocenters. The summed E-state index contributed by atoms with van der Waals surface area (Å²) in [4.78, 5) is 0. The number of ether oxygens (including phenoxy) is 1. The summed E-state index contributed by atoms with van der Waals surface area (Å²) in [6.45, 7) is 1.49. The molecule has 5 heteroatoms. The van der Waals surface area contributed by atoms with Gasteiger partial charge in [-0.2, -0.15) is 0 Å². The van der Waals surface area contributed by atoms with Gasteiger partial charge in [-0.1, -0.05) is 35.3 Å². The van der Waals surface area contributed by atoms with Crippen molar-refractivity contribution < 1.29 is 9.84 Å². The fraction of sp³-hybridized carbons (Fsp3) is 0.455. The Bertz CT molecular complexity index is 373. The van der Waals surface area contributed by atoms with Gasteiger partial charge in [-0.05, 0) is 11.6 Å². The number of aliphatic hydroxyl groups excluding tert-OH is 1. The number of halogens is 2. The van der Waals surface area contributed by atoms with Gasteiger partial charge < -0.3 is 15.2 Å². The summed E-state index contributed by atoms with van der Waals surface area (Å²) in [5.41, 5.74) is 0.924. The first-order chi connectivity index (χ1) is 7.68. The van der Waals surface area contributed by atoms with Gasteiger partial charge in [0.1, 0.15) is 0 Å². The van der Waals surface area contributed by atoms with Gasteiger partial charge in [-0.3, -0.25) is 0 Å². The monoisotopic (exact) mass is 261 g/mol. The summed E-state index contributed by atoms with van der Waals surface area (Å²) in [7, 11) is 0. The Morgan fingerprint density at radius 2 is 2.19 bits per heavy atom. The lowest BCUT2D eigenvalue weighted by Crippen LogP contribution is -2.38. The standard InChI is InChI=1S/C11H13Cl2NO2/c12-8-3-1-2-7(11(8)13)4-14-9-5-16-6-10(9)15/h1-3,9-10,14-15H,4-6H2. The highest BCUT2D eigenvalue weighted by molar-refractivity contribution is 6.42. The Morgan fingerprint density at radius 3 is 2.88 bits per heavy atom. The van der Waals surface area contributed by atoms with Crippen molar-refractivity contribution >= 4 is 23.2 Å². The molecule has 1 saturated heterocycles. The molecule has 1 fully saturated rings. The van der Waals surface area contributed by atoms with Crippen LogP contribution >= 0.6 is 23.2 Å². The summed E-state index contributed by atoms with van der Waals surface area (Å²) in [6, 6.07) is 5.48. The molecule has 0 aliphatic carbocycles. The van der Waals surface area contributed by atoms with E-state index in [-0.39, 0.29) is 6.04 Å². The zero-order valence-electron chi connectivity index (χ0n) is 8.62. The average molecular weight is 262 g/mol. The number of aliphatic hydroxyl groups is 1. The predicted molar refractivity (Wildman–Crippen MR) is 63.9 cm³/mol. The molecule has 2 unspecified atom stereocenters. The van der Waals surface area contributed by atoms with Gasteiger partial charge in [0.2, 0.25) is 0 Å². The van der Waals surface area contributed by atoms with E-state index in [4.69, 9.17) is 27.9 Å². The van der Waals surface area contributed by atoms with Crippen LogP contribution in [0.2, 0.25) is 10.0 Å². The Kier molecular flexibility index (Phi) is 4.05. The van der Waals surface area contributed by atoms with Crippen LogP contribution in [0.15, 0.2) is 18.2 Å². The van der Waals surface area contributed by atoms with E-state index in [0.29, 0.717) is 29.8 Å². The van der Waals surface area contributed by atoms with Crippen molar-refractivity contribution in [2.45, 2.75) is 18.7 Å². The number of nitrogens with one attached hydrogen (secondary N) is 1. The van der Waals surface area contributed by atoms with E-state index < -0.39 is 6.10 Å². The second-order valence-electron chi connectivity index (χ2n) is 3.81. The molecular weight excluding hydrogens is 249 g/mol. The van der Waals surface area contributed by atoms with Crippen LogP contribution in [-0.2, 0) is 11.3 Å². The first-order valence-corrected chi connectivity index (χ1v) is 5.86. The van der Waals surface area contributed by atoms with Crippen molar-refractivity contribution in [3.8, 4) is 0 Å². The van der Waals surface area contributed by atoms with E-state index in [0.717, 1.165) is 5.56 Å². The van der Waals surface area contributed by atoms with E-state index in [2.05, 4.69) is 5.32 Å². The minimum absolute atomic E-state index is 0.0324. The van der Waals surface area contributed by atoms with Crippen LogP contribution < -0.4 is 5.32 Å². The number of hydrogen-bond acceptors (Lipinski definition) is 3. The molecule has 0 saturated carbocycles. The minimum atomic E-state index is -0.446. The Morgan fingerprint density at radius 1 is 1.38 bits per heavy atom. The zero-order chi connectivity index (χ0) is 11.5. The van der Waals surface area contributed by atoms with E-state index in [9.17, 15) is 5.11 Å². The SMILES string of the molecule is OC1COCC1NCc1cccc(Cl)c1Cl. The maximum absolute atomic E-state index is 9.54. The maximum atomic E-state index is 9.54. The fourth-order valence-electron chi connectivity index (χ4n) is 1.66. The first kappa shape index (κ1) is 12.1. The molecule has 1 heterocycles. The van der Waals surface area contributed by atoms with E-state index in [1.807, 2.05) is 12.1 Å². The zero-order valence-corrected chi connectivity index (χ0v) is 10.1. The van der Waals surface area contributed by atoms with Crippen molar-refractivity contribution in [2.24, 2.45) is 0 Å². The number of rotatable bonds is 3. The molecule has 0 spiro atoms. The maximum Gasteiger partial charge on any atom is 0.0948 e. The Labute approximate surface area is 104 Å². The van der Waals surface area contributed by atoms with E-state index in [1.54, 1.807) is 6.07 Å². The molecule has 1 aliphatic rings. The Balaban J connectivity index is 1.96. The molecule has 1 aromatic rings. The summed E-state index contributed by atoms with van der Waals surface area (Å²) in [6.07, 6.45) is -0.446. The molecule has 3 nitrogen and oxygen atoms in total. The molecule has 0 bridgehead atoms. The smallest absolute Gasteiger partial charge is 0.0948 e. The third-order valence-electron chi connectivity index (χ3n) is 2.64. The first-order valence-electron chi connectivity index (χ1n) is 5.10. The highest BCUT2D eigenvalue weighted by atomic mass is 35.5. The number of hydrogen-bond donors (Lipinski definition) is 2. The third-order valence-corrected chi connectivity index (χ3v) is 3.49. The van der Waals surface area contributed by atoms with Gasteiger partial charge >= 0.3 is 0 Å². The lowest BCUT2D eigenvalue weighted by Gasteiger charge is -2.15. The van der Waals surface area contributed by atoms with Gasteiger partial charge in [0, 0.05) is 6.54 Å². The largest absolute Gasteiger partial charge is 0.389 e. The lowest BCUT2D eigenvalue weighted by atomic mass is 10.2. The highest BCUT2D eigenvalue weighted by Gasteiger charge is 2.25. The van der Waals surface area contributed by atoms with E-state index in [1.165, 1.54) is 0 Å². The van der Waals surface area contributed by atoms with Crippen LogP contribution in [-0.4, -0.2) is 30.5 Å². The topological polar surface area (TPSA) is 41.5 Å². The molecule has 16 heavy (non-hydrogen) atoms. The minimum Gasteiger partial charge on any atom is -0.389 e. The molecule has 1 aromatic carbocycles. The van der Waals surface area contributed by atoms with Crippen LogP contribution in [0.5, 0.6) is 0 Å². The molecule has 1 aliphatic heterocycles. The predicted octanol–water partition coefficient (Wildman–Crippen LogP) is 1.84. The van der Waals surface area contributed by atoms with E-state index >= 15 is 0 Å². The molecule has 0 radical (unpaired) electrons. The van der Waals surface area contributed by atoms with Crippen LogP contribution in [0, 0.1) is 0 Å². The molecule has 2 rings (SSSR count). The van der Waals surface area contributed by atoms with Gasteiger partial charge in [0.25, 0.3) is 0 Å². The van der Waals surface area contributed by atoms with Crippen molar-refractivity contribution in [1.82, 2.24) is 5.32 Å². The quantitative estimate of drug-likeness (QED) is 0.873. The average Bonchev–Trinajstić information content (AvgIpc) is 2.67. The number of benzene rings is 1. The molecule has 0 amide bonds. The fourth-order valence-corrected chi connectivity index (χ4v) is 2.05. The van der Waals surface area contributed by atoms with Crippen molar-refractivity contribution in [1.29, 1.82) is 0 Å². The Hall–Kier alpha value is -0.320. The van der Waals surface area contributed by atoms with Crippen molar-refractivity contribution in [3.63, 3.8) is 0 Å². The summed E-state index contributed by atoms with van der Waals surface area (Å²) in [5.74, 6) is 0. The molecule has 0 aromatic heterocycles. The summed E-state index contributed by atoms with van der Waals surface area (Å²) in [5, 5.41) is 13.8. The third kappa shape index (κ3) is 2.67. The second-order valence-corrected chi connectivity index (χ2v) is 4.59. The van der Waals surface area contributed by atoms with Crippen LogP contribution in [0.1, 0.15) is 5.56 Å². The van der Waals surface area contributed by atoms with Crippen molar-refractivity contribution in [2.75, 3.05) is 13.2 Å². The van der Waals surface area contributed by atoms with Gasteiger partial charge in [-0.15, -0.1) is 0 Å².